The van der Waals surface area contributed by atoms with Gasteiger partial charge in [-0.1, -0.05) is 12.2 Å². The predicted octanol–water partition coefficient (Wildman–Crippen LogP) is 1.82. The molecular formula is C13H19NO3. The van der Waals surface area contributed by atoms with Crippen LogP contribution < -0.4 is 15.2 Å². The predicted molar refractivity (Wildman–Crippen MR) is 68.3 cm³/mol. The van der Waals surface area contributed by atoms with E-state index in [1.807, 2.05) is 24.3 Å². The van der Waals surface area contributed by atoms with Crippen LogP contribution in [-0.4, -0.2) is 27.9 Å². The van der Waals surface area contributed by atoms with Gasteiger partial charge in [0.25, 0.3) is 0 Å². The normalized spacial score (nSPS) is 10.8. The van der Waals surface area contributed by atoms with Crippen molar-refractivity contribution in [2.24, 2.45) is 5.73 Å². The van der Waals surface area contributed by atoms with Crippen molar-refractivity contribution in [2.45, 2.75) is 6.61 Å². The molecule has 1 aromatic rings. The van der Waals surface area contributed by atoms with Crippen molar-refractivity contribution in [1.29, 1.82) is 0 Å². The molecule has 0 aliphatic carbocycles. The van der Waals surface area contributed by atoms with Crippen molar-refractivity contribution < 1.29 is 14.2 Å². The Labute approximate surface area is 102 Å². The van der Waals surface area contributed by atoms with Crippen LogP contribution in [0.15, 0.2) is 18.2 Å². The Balaban J connectivity index is 3.26. The first-order chi connectivity index (χ1) is 8.28. The van der Waals surface area contributed by atoms with Crippen LogP contribution in [0.2, 0.25) is 0 Å². The fourth-order valence-corrected chi connectivity index (χ4v) is 1.66. The van der Waals surface area contributed by atoms with E-state index in [1.54, 1.807) is 21.3 Å². The molecule has 0 atom stereocenters. The fourth-order valence-electron chi connectivity index (χ4n) is 1.66. The molecular weight excluding hydrogens is 218 g/mol. The summed E-state index contributed by atoms with van der Waals surface area (Å²) in [5, 5.41) is 0. The lowest BCUT2D eigenvalue weighted by atomic mass is 10.1. The van der Waals surface area contributed by atoms with Gasteiger partial charge in [-0.3, -0.25) is 0 Å². The zero-order chi connectivity index (χ0) is 12.7. The van der Waals surface area contributed by atoms with E-state index in [9.17, 15) is 0 Å². The third kappa shape index (κ3) is 3.22. The molecule has 1 aromatic carbocycles. The van der Waals surface area contributed by atoms with E-state index < -0.39 is 0 Å². The number of ether oxygens (including phenoxy) is 3. The molecule has 0 unspecified atom stereocenters. The smallest absolute Gasteiger partial charge is 0.135 e. The Morgan fingerprint density at radius 3 is 2.47 bits per heavy atom. The third-order valence-corrected chi connectivity index (χ3v) is 2.38. The maximum atomic E-state index is 5.46. The summed E-state index contributed by atoms with van der Waals surface area (Å²) in [5.41, 5.74) is 7.33. The molecule has 0 radical (unpaired) electrons. The van der Waals surface area contributed by atoms with Crippen LogP contribution in [0.25, 0.3) is 6.08 Å². The molecule has 0 saturated carbocycles. The lowest BCUT2D eigenvalue weighted by molar-refractivity contribution is 0.181. The molecule has 1 rings (SSSR count). The minimum Gasteiger partial charge on any atom is -0.496 e. The number of hydrogen-bond donors (Lipinski definition) is 1. The summed E-state index contributed by atoms with van der Waals surface area (Å²) in [5.74, 6) is 1.52. The highest BCUT2D eigenvalue weighted by molar-refractivity contribution is 5.66. The van der Waals surface area contributed by atoms with Crippen molar-refractivity contribution in [1.82, 2.24) is 0 Å². The first-order valence-electron chi connectivity index (χ1n) is 5.37. The van der Waals surface area contributed by atoms with E-state index >= 15 is 0 Å². The van der Waals surface area contributed by atoms with E-state index in [-0.39, 0.29) is 0 Å². The summed E-state index contributed by atoms with van der Waals surface area (Å²) in [7, 11) is 4.91. The molecule has 0 aliphatic heterocycles. The molecule has 0 saturated heterocycles. The molecule has 0 amide bonds. The molecule has 2 N–H and O–H groups in total. The van der Waals surface area contributed by atoms with Crippen LogP contribution in [0.5, 0.6) is 11.5 Å². The molecule has 4 nitrogen and oxygen atoms in total. The van der Waals surface area contributed by atoms with Gasteiger partial charge in [-0.15, -0.1) is 0 Å². The van der Waals surface area contributed by atoms with Crippen LogP contribution in [0, 0.1) is 0 Å². The SMILES string of the molecule is COCc1ccc(OC)c(/C=C/CN)c1OC. The van der Waals surface area contributed by atoms with Gasteiger partial charge in [-0.05, 0) is 12.1 Å². The van der Waals surface area contributed by atoms with E-state index in [0.29, 0.717) is 13.2 Å². The van der Waals surface area contributed by atoms with E-state index in [4.69, 9.17) is 19.9 Å². The van der Waals surface area contributed by atoms with Crippen LogP contribution in [0.1, 0.15) is 11.1 Å². The van der Waals surface area contributed by atoms with Gasteiger partial charge in [0.1, 0.15) is 11.5 Å². The minimum absolute atomic E-state index is 0.473. The van der Waals surface area contributed by atoms with E-state index in [2.05, 4.69) is 0 Å². The highest BCUT2D eigenvalue weighted by Gasteiger charge is 2.12. The van der Waals surface area contributed by atoms with E-state index in [1.165, 1.54) is 0 Å². The summed E-state index contributed by atoms with van der Waals surface area (Å²) < 4.78 is 15.9. The van der Waals surface area contributed by atoms with E-state index in [0.717, 1.165) is 22.6 Å². The highest BCUT2D eigenvalue weighted by Crippen LogP contribution is 2.33. The van der Waals surface area contributed by atoms with Gasteiger partial charge in [-0.25, -0.2) is 0 Å². The van der Waals surface area contributed by atoms with Gasteiger partial charge in [-0.2, -0.15) is 0 Å². The molecule has 0 aromatic heterocycles. The monoisotopic (exact) mass is 237 g/mol. The van der Waals surface area contributed by atoms with Gasteiger partial charge in [0.15, 0.2) is 0 Å². The van der Waals surface area contributed by atoms with Crippen molar-refractivity contribution in [3.8, 4) is 11.5 Å². The highest BCUT2D eigenvalue weighted by atomic mass is 16.5. The van der Waals surface area contributed by atoms with Crippen LogP contribution >= 0.6 is 0 Å². The quantitative estimate of drug-likeness (QED) is 0.820. The second kappa shape index (κ2) is 6.93. The molecule has 0 spiro atoms. The van der Waals surface area contributed by atoms with Crippen molar-refractivity contribution >= 4 is 6.08 Å². The molecule has 0 heterocycles. The molecule has 4 heteroatoms. The van der Waals surface area contributed by atoms with Gasteiger partial charge in [0, 0.05) is 19.2 Å². The van der Waals surface area contributed by atoms with Gasteiger partial charge >= 0.3 is 0 Å². The van der Waals surface area contributed by atoms with Crippen LogP contribution in [0.3, 0.4) is 0 Å². The zero-order valence-corrected chi connectivity index (χ0v) is 10.5. The third-order valence-electron chi connectivity index (χ3n) is 2.38. The summed E-state index contributed by atoms with van der Waals surface area (Å²) >= 11 is 0. The molecule has 0 aliphatic rings. The second-order valence-electron chi connectivity index (χ2n) is 3.44. The Bertz CT molecular complexity index is 388. The zero-order valence-electron chi connectivity index (χ0n) is 10.5. The summed E-state index contributed by atoms with van der Waals surface area (Å²) in [4.78, 5) is 0. The maximum absolute atomic E-state index is 5.46. The summed E-state index contributed by atoms with van der Waals surface area (Å²) in [6.07, 6.45) is 3.76. The fraction of sp³-hybridized carbons (Fsp3) is 0.385. The maximum Gasteiger partial charge on any atom is 0.135 e. The lowest BCUT2D eigenvalue weighted by Gasteiger charge is -2.14. The summed E-state index contributed by atoms with van der Waals surface area (Å²) in [6, 6.07) is 3.83. The number of rotatable bonds is 6. The van der Waals surface area contributed by atoms with Crippen molar-refractivity contribution in [3.05, 3.63) is 29.3 Å². The molecule has 0 bridgehead atoms. The average molecular weight is 237 g/mol. The second-order valence-corrected chi connectivity index (χ2v) is 3.44. The van der Waals surface area contributed by atoms with Crippen molar-refractivity contribution in [3.63, 3.8) is 0 Å². The number of methoxy groups -OCH3 is 3. The summed E-state index contributed by atoms with van der Waals surface area (Å²) in [6.45, 7) is 0.970. The Morgan fingerprint density at radius 2 is 1.94 bits per heavy atom. The number of nitrogens with two attached hydrogens (primary N) is 1. The Hall–Kier alpha value is -1.52. The van der Waals surface area contributed by atoms with Crippen molar-refractivity contribution in [2.75, 3.05) is 27.9 Å². The first kappa shape index (κ1) is 13.5. The Morgan fingerprint density at radius 1 is 1.18 bits per heavy atom. The van der Waals surface area contributed by atoms with Crippen LogP contribution in [-0.2, 0) is 11.3 Å². The van der Waals surface area contributed by atoms with Gasteiger partial charge < -0.3 is 19.9 Å². The standard InChI is InChI=1S/C13H19NO3/c1-15-9-10-6-7-12(16-2)11(5-4-8-14)13(10)17-3/h4-7H,8-9,14H2,1-3H3/b5-4+. The number of benzene rings is 1. The largest absolute Gasteiger partial charge is 0.496 e. The Kier molecular flexibility index (Phi) is 5.52. The lowest BCUT2D eigenvalue weighted by Crippen LogP contribution is -1.99. The van der Waals surface area contributed by atoms with Gasteiger partial charge in [0.05, 0.1) is 26.4 Å². The van der Waals surface area contributed by atoms with Crippen LogP contribution in [0.4, 0.5) is 0 Å². The average Bonchev–Trinajstić information content (AvgIpc) is 2.36. The molecule has 17 heavy (non-hydrogen) atoms. The minimum atomic E-state index is 0.473. The van der Waals surface area contributed by atoms with Gasteiger partial charge in [0.2, 0.25) is 0 Å². The molecule has 0 fully saturated rings. The topological polar surface area (TPSA) is 53.7 Å². The first-order valence-corrected chi connectivity index (χ1v) is 5.37. The number of hydrogen-bond acceptors (Lipinski definition) is 4. The molecule has 94 valence electrons.